The van der Waals surface area contributed by atoms with Gasteiger partial charge in [0.1, 0.15) is 11.9 Å². The molecule has 0 amide bonds. The van der Waals surface area contributed by atoms with E-state index in [1.54, 1.807) is 31.4 Å². The topological polar surface area (TPSA) is 40.0 Å². The summed E-state index contributed by atoms with van der Waals surface area (Å²) in [6.07, 6.45) is 4.60. The summed E-state index contributed by atoms with van der Waals surface area (Å²) in [5.74, 6) is 1.01. The van der Waals surface area contributed by atoms with Crippen molar-refractivity contribution < 1.29 is 19.2 Å². The number of ether oxygens (including phenoxy) is 2. The summed E-state index contributed by atoms with van der Waals surface area (Å²) in [6.45, 7) is 1.06. The lowest BCUT2D eigenvalue weighted by molar-refractivity contribution is -0.862. The zero-order valence-electron chi connectivity index (χ0n) is 13.2. The number of esters is 1. The number of benzene rings is 1. The van der Waals surface area contributed by atoms with Crippen LogP contribution in [-0.2, 0) is 4.74 Å². The lowest BCUT2D eigenvalue weighted by atomic mass is 9.86. The fourth-order valence-corrected chi connectivity index (χ4v) is 3.02. The van der Waals surface area contributed by atoms with E-state index in [4.69, 9.17) is 9.47 Å². The molecular weight excluding hydrogens is 266 g/mol. The Bertz CT molecular complexity index is 456. The van der Waals surface area contributed by atoms with Crippen LogP contribution in [0.1, 0.15) is 36.0 Å². The monoisotopic (exact) mass is 292 g/mol. The second-order valence-corrected chi connectivity index (χ2v) is 6.13. The van der Waals surface area contributed by atoms with Crippen LogP contribution < -0.4 is 9.64 Å². The van der Waals surface area contributed by atoms with E-state index in [2.05, 4.69) is 14.1 Å². The highest BCUT2D eigenvalue weighted by molar-refractivity contribution is 5.89. The van der Waals surface area contributed by atoms with E-state index in [1.165, 1.54) is 11.3 Å². The SMILES string of the molecule is COc1ccc(C(=O)O[C@@H]2CCCC[C@H]2C[NH+](C)C)cc1. The Morgan fingerprint density at radius 1 is 1.19 bits per heavy atom. The quantitative estimate of drug-likeness (QED) is 0.837. The summed E-state index contributed by atoms with van der Waals surface area (Å²) < 4.78 is 10.9. The molecule has 0 radical (unpaired) electrons. The summed E-state index contributed by atoms with van der Waals surface area (Å²) in [5.41, 5.74) is 0.595. The van der Waals surface area contributed by atoms with Gasteiger partial charge in [-0.3, -0.25) is 0 Å². The van der Waals surface area contributed by atoms with Gasteiger partial charge in [0.2, 0.25) is 0 Å². The molecule has 2 atom stereocenters. The maximum Gasteiger partial charge on any atom is 0.338 e. The molecule has 21 heavy (non-hydrogen) atoms. The number of carbonyl (C=O) groups is 1. The molecule has 0 spiro atoms. The summed E-state index contributed by atoms with van der Waals surface area (Å²) >= 11 is 0. The van der Waals surface area contributed by atoms with Gasteiger partial charge in [0.15, 0.2) is 0 Å². The fourth-order valence-electron chi connectivity index (χ4n) is 3.02. The Hall–Kier alpha value is -1.55. The smallest absolute Gasteiger partial charge is 0.338 e. The third kappa shape index (κ3) is 4.46. The third-order valence-electron chi connectivity index (χ3n) is 4.09. The highest BCUT2D eigenvalue weighted by Gasteiger charge is 2.30. The Kier molecular flexibility index (Phi) is 5.62. The minimum absolute atomic E-state index is 0.0586. The van der Waals surface area contributed by atoms with Crippen LogP contribution in [0.3, 0.4) is 0 Å². The summed E-state index contributed by atoms with van der Waals surface area (Å²) in [4.78, 5) is 13.7. The Morgan fingerprint density at radius 2 is 1.86 bits per heavy atom. The summed E-state index contributed by atoms with van der Waals surface area (Å²) in [5, 5.41) is 0. The molecule has 4 heteroatoms. The van der Waals surface area contributed by atoms with Gasteiger partial charge in [0.25, 0.3) is 0 Å². The molecule has 1 fully saturated rings. The maximum absolute atomic E-state index is 12.3. The predicted molar refractivity (Wildman–Crippen MR) is 81.8 cm³/mol. The lowest BCUT2D eigenvalue weighted by Gasteiger charge is -2.31. The van der Waals surface area contributed by atoms with E-state index in [-0.39, 0.29) is 12.1 Å². The predicted octanol–water partition coefficient (Wildman–Crippen LogP) is 1.56. The number of carbonyl (C=O) groups excluding carboxylic acids is 1. The van der Waals surface area contributed by atoms with Crippen LogP contribution >= 0.6 is 0 Å². The first-order valence-electron chi connectivity index (χ1n) is 7.74. The van der Waals surface area contributed by atoms with Crippen molar-refractivity contribution in [3.05, 3.63) is 29.8 Å². The molecule has 2 rings (SSSR count). The van der Waals surface area contributed by atoms with Crippen LogP contribution in [0.15, 0.2) is 24.3 Å². The standard InChI is InChI=1S/C17H25NO3/c1-18(2)12-14-6-4-5-7-16(14)21-17(19)13-8-10-15(20-3)11-9-13/h8-11,14,16H,4-7,12H2,1-3H3/p+1/t14-,16+/m0/s1. The minimum Gasteiger partial charge on any atom is -0.497 e. The van der Waals surface area contributed by atoms with E-state index in [0.29, 0.717) is 11.5 Å². The lowest BCUT2D eigenvalue weighted by Crippen LogP contribution is -3.06. The van der Waals surface area contributed by atoms with Crippen LogP contribution in [0.4, 0.5) is 0 Å². The average Bonchev–Trinajstić information content (AvgIpc) is 2.49. The fraction of sp³-hybridized carbons (Fsp3) is 0.588. The van der Waals surface area contributed by atoms with Gasteiger partial charge >= 0.3 is 5.97 Å². The first-order valence-corrected chi connectivity index (χ1v) is 7.74. The van der Waals surface area contributed by atoms with Crippen LogP contribution in [-0.4, -0.2) is 39.8 Å². The maximum atomic E-state index is 12.3. The second-order valence-electron chi connectivity index (χ2n) is 6.13. The molecule has 1 saturated carbocycles. The van der Waals surface area contributed by atoms with Crippen molar-refractivity contribution in [3.63, 3.8) is 0 Å². The molecule has 1 aliphatic rings. The van der Waals surface area contributed by atoms with Crippen LogP contribution in [0, 0.1) is 5.92 Å². The summed E-state index contributed by atoms with van der Waals surface area (Å²) in [7, 11) is 5.91. The van der Waals surface area contributed by atoms with Gasteiger partial charge in [-0.25, -0.2) is 4.79 Å². The highest BCUT2D eigenvalue weighted by Crippen LogP contribution is 2.27. The number of methoxy groups -OCH3 is 1. The molecule has 1 aliphatic carbocycles. The van der Waals surface area contributed by atoms with Crippen molar-refractivity contribution in [2.75, 3.05) is 27.7 Å². The van der Waals surface area contributed by atoms with E-state index in [0.717, 1.165) is 31.6 Å². The van der Waals surface area contributed by atoms with E-state index < -0.39 is 0 Å². The van der Waals surface area contributed by atoms with Crippen molar-refractivity contribution in [3.8, 4) is 5.75 Å². The van der Waals surface area contributed by atoms with Crippen molar-refractivity contribution in [1.29, 1.82) is 0 Å². The van der Waals surface area contributed by atoms with Gasteiger partial charge in [0, 0.05) is 5.92 Å². The van der Waals surface area contributed by atoms with Crippen molar-refractivity contribution in [2.24, 2.45) is 5.92 Å². The number of nitrogens with one attached hydrogen (secondary N) is 1. The van der Waals surface area contributed by atoms with Gasteiger partial charge in [-0.2, -0.15) is 0 Å². The number of quaternary nitrogens is 1. The first-order chi connectivity index (χ1) is 10.1. The Morgan fingerprint density at radius 3 is 2.48 bits per heavy atom. The van der Waals surface area contributed by atoms with Gasteiger partial charge in [-0.05, 0) is 43.5 Å². The molecule has 0 aromatic heterocycles. The van der Waals surface area contributed by atoms with Gasteiger partial charge in [-0.1, -0.05) is 6.42 Å². The average molecular weight is 292 g/mol. The highest BCUT2D eigenvalue weighted by atomic mass is 16.5. The zero-order chi connectivity index (χ0) is 15.2. The molecule has 1 N–H and O–H groups in total. The van der Waals surface area contributed by atoms with E-state index in [1.807, 2.05) is 0 Å². The number of rotatable bonds is 5. The second kappa shape index (κ2) is 7.46. The number of hydrogen-bond donors (Lipinski definition) is 1. The van der Waals surface area contributed by atoms with Crippen molar-refractivity contribution in [2.45, 2.75) is 31.8 Å². The van der Waals surface area contributed by atoms with E-state index in [9.17, 15) is 4.79 Å². The molecule has 1 aromatic carbocycles. The number of hydrogen-bond acceptors (Lipinski definition) is 3. The molecule has 0 bridgehead atoms. The molecule has 0 unspecified atom stereocenters. The molecule has 1 aromatic rings. The normalized spacial score (nSPS) is 22.1. The Labute approximate surface area is 127 Å². The minimum atomic E-state index is -0.219. The van der Waals surface area contributed by atoms with Gasteiger partial charge in [0.05, 0.1) is 33.3 Å². The molecule has 116 valence electrons. The zero-order valence-corrected chi connectivity index (χ0v) is 13.2. The van der Waals surface area contributed by atoms with Crippen LogP contribution in [0.25, 0.3) is 0 Å². The molecule has 0 saturated heterocycles. The van der Waals surface area contributed by atoms with Crippen LogP contribution in [0.5, 0.6) is 5.75 Å². The van der Waals surface area contributed by atoms with Gasteiger partial charge in [-0.15, -0.1) is 0 Å². The van der Waals surface area contributed by atoms with E-state index >= 15 is 0 Å². The first kappa shape index (κ1) is 15.8. The molecule has 0 heterocycles. The van der Waals surface area contributed by atoms with Crippen molar-refractivity contribution >= 4 is 5.97 Å². The van der Waals surface area contributed by atoms with Gasteiger partial charge < -0.3 is 14.4 Å². The molecular formula is C17H26NO3+. The summed E-state index contributed by atoms with van der Waals surface area (Å²) in [6, 6.07) is 7.10. The third-order valence-corrected chi connectivity index (χ3v) is 4.09. The van der Waals surface area contributed by atoms with Crippen molar-refractivity contribution in [1.82, 2.24) is 0 Å². The largest absolute Gasteiger partial charge is 0.497 e. The molecule has 4 nitrogen and oxygen atoms in total. The van der Waals surface area contributed by atoms with Crippen LogP contribution in [0.2, 0.25) is 0 Å². The Balaban J connectivity index is 1.98. The molecule has 0 aliphatic heterocycles.